The van der Waals surface area contributed by atoms with Crippen LogP contribution in [-0.4, -0.2) is 10.9 Å². The SMILES string of the molecule is Cc1ccc(C(=O)Nc2nc(-c3ccc(F)cc3)cs2)cc1F. The van der Waals surface area contributed by atoms with Gasteiger partial charge in [0.2, 0.25) is 0 Å². The van der Waals surface area contributed by atoms with E-state index in [2.05, 4.69) is 10.3 Å². The molecule has 1 aromatic heterocycles. The van der Waals surface area contributed by atoms with Gasteiger partial charge in [-0.3, -0.25) is 10.1 Å². The summed E-state index contributed by atoms with van der Waals surface area (Å²) in [6, 6.07) is 10.2. The number of halogens is 2. The summed E-state index contributed by atoms with van der Waals surface area (Å²) >= 11 is 1.25. The molecule has 3 rings (SSSR count). The molecule has 23 heavy (non-hydrogen) atoms. The highest BCUT2D eigenvalue weighted by atomic mass is 32.1. The third-order valence-electron chi connectivity index (χ3n) is 3.30. The molecule has 0 fully saturated rings. The highest BCUT2D eigenvalue weighted by Gasteiger charge is 2.11. The van der Waals surface area contributed by atoms with Crippen LogP contribution in [0.2, 0.25) is 0 Å². The molecule has 0 bridgehead atoms. The van der Waals surface area contributed by atoms with E-state index >= 15 is 0 Å². The molecule has 1 amide bonds. The second kappa shape index (κ2) is 6.26. The third-order valence-corrected chi connectivity index (χ3v) is 4.06. The predicted molar refractivity (Wildman–Crippen MR) is 86.6 cm³/mol. The van der Waals surface area contributed by atoms with Crippen LogP contribution in [0.4, 0.5) is 13.9 Å². The Morgan fingerprint density at radius 2 is 1.87 bits per heavy atom. The Morgan fingerprint density at radius 3 is 2.57 bits per heavy atom. The number of amides is 1. The normalized spacial score (nSPS) is 10.6. The van der Waals surface area contributed by atoms with E-state index in [1.54, 1.807) is 36.6 Å². The molecule has 0 aliphatic heterocycles. The maximum Gasteiger partial charge on any atom is 0.257 e. The number of nitrogens with one attached hydrogen (secondary N) is 1. The molecule has 2 aromatic carbocycles. The number of hydrogen-bond acceptors (Lipinski definition) is 3. The minimum Gasteiger partial charge on any atom is -0.298 e. The molecule has 0 saturated heterocycles. The Balaban J connectivity index is 1.77. The third kappa shape index (κ3) is 3.43. The molecule has 0 unspecified atom stereocenters. The van der Waals surface area contributed by atoms with E-state index in [9.17, 15) is 13.6 Å². The van der Waals surface area contributed by atoms with Gasteiger partial charge in [0.25, 0.3) is 5.91 Å². The van der Waals surface area contributed by atoms with Gasteiger partial charge in [0, 0.05) is 16.5 Å². The van der Waals surface area contributed by atoms with Crippen molar-refractivity contribution in [3.8, 4) is 11.3 Å². The molecule has 0 spiro atoms. The molecular formula is C17H12F2N2OS. The zero-order valence-electron chi connectivity index (χ0n) is 12.1. The molecule has 0 radical (unpaired) electrons. The molecule has 1 N–H and O–H groups in total. The molecule has 1 heterocycles. The Kier molecular flexibility index (Phi) is 4.16. The number of benzene rings is 2. The highest BCUT2D eigenvalue weighted by Crippen LogP contribution is 2.25. The molecule has 0 saturated carbocycles. The van der Waals surface area contributed by atoms with Gasteiger partial charge in [-0.15, -0.1) is 11.3 Å². The number of thiazole rings is 1. The number of aryl methyl sites for hydroxylation is 1. The van der Waals surface area contributed by atoms with Crippen molar-refractivity contribution in [3.63, 3.8) is 0 Å². The van der Waals surface area contributed by atoms with Crippen LogP contribution in [-0.2, 0) is 0 Å². The van der Waals surface area contributed by atoms with Crippen LogP contribution in [0, 0.1) is 18.6 Å². The second-order valence-corrected chi connectivity index (χ2v) is 5.82. The molecule has 0 aliphatic rings. The fraction of sp³-hybridized carbons (Fsp3) is 0.0588. The summed E-state index contributed by atoms with van der Waals surface area (Å²) in [7, 11) is 0. The Morgan fingerprint density at radius 1 is 1.13 bits per heavy atom. The van der Waals surface area contributed by atoms with Gasteiger partial charge in [0.15, 0.2) is 5.13 Å². The number of hydrogen-bond donors (Lipinski definition) is 1. The predicted octanol–water partition coefficient (Wildman–Crippen LogP) is 4.65. The lowest BCUT2D eigenvalue weighted by molar-refractivity contribution is 0.102. The average Bonchev–Trinajstić information content (AvgIpc) is 2.99. The fourth-order valence-corrected chi connectivity index (χ4v) is 2.70. The topological polar surface area (TPSA) is 42.0 Å². The summed E-state index contributed by atoms with van der Waals surface area (Å²) in [4.78, 5) is 16.4. The summed E-state index contributed by atoms with van der Waals surface area (Å²) in [6.07, 6.45) is 0. The smallest absolute Gasteiger partial charge is 0.257 e. The molecule has 3 aromatic rings. The number of nitrogens with zero attached hydrogens (tertiary/aromatic N) is 1. The number of carbonyl (C=O) groups excluding carboxylic acids is 1. The van der Waals surface area contributed by atoms with Crippen LogP contribution < -0.4 is 5.32 Å². The van der Waals surface area contributed by atoms with Gasteiger partial charge >= 0.3 is 0 Å². The van der Waals surface area contributed by atoms with Crippen molar-refractivity contribution in [2.24, 2.45) is 0 Å². The van der Waals surface area contributed by atoms with Crippen LogP contribution >= 0.6 is 11.3 Å². The quantitative estimate of drug-likeness (QED) is 0.759. The largest absolute Gasteiger partial charge is 0.298 e. The first-order valence-corrected chi connectivity index (χ1v) is 7.70. The summed E-state index contributed by atoms with van der Waals surface area (Å²) < 4.78 is 26.4. The molecular weight excluding hydrogens is 318 g/mol. The molecule has 3 nitrogen and oxygen atoms in total. The Bertz CT molecular complexity index is 859. The molecule has 6 heteroatoms. The van der Waals surface area contributed by atoms with E-state index in [4.69, 9.17) is 0 Å². The van der Waals surface area contributed by atoms with E-state index in [0.717, 1.165) is 5.56 Å². The van der Waals surface area contributed by atoms with Crippen molar-refractivity contribution >= 4 is 22.4 Å². The summed E-state index contributed by atoms with van der Waals surface area (Å²) in [5, 5.41) is 4.80. The monoisotopic (exact) mass is 330 g/mol. The maximum atomic E-state index is 13.5. The van der Waals surface area contributed by atoms with E-state index in [1.807, 2.05) is 0 Å². The van der Waals surface area contributed by atoms with Gasteiger partial charge in [-0.1, -0.05) is 6.07 Å². The van der Waals surface area contributed by atoms with E-state index in [0.29, 0.717) is 16.4 Å². The van der Waals surface area contributed by atoms with Crippen molar-refractivity contribution in [1.82, 2.24) is 4.98 Å². The molecule has 0 aliphatic carbocycles. The lowest BCUT2D eigenvalue weighted by Crippen LogP contribution is -2.12. The first kappa shape index (κ1) is 15.3. The minimum absolute atomic E-state index is 0.228. The van der Waals surface area contributed by atoms with Gasteiger partial charge in [-0.05, 0) is 48.9 Å². The van der Waals surface area contributed by atoms with E-state index < -0.39 is 11.7 Å². The minimum atomic E-state index is -0.427. The van der Waals surface area contributed by atoms with Gasteiger partial charge < -0.3 is 0 Å². The van der Waals surface area contributed by atoms with Crippen molar-refractivity contribution in [2.45, 2.75) is 6.92 Å². The lowest BCUT2D eigenvalue weighted by Gasteiger charge is -2.03. The average molecular weight is 330 g/mol. The summed E-state index contributed by atoms with van der Waals surface area (Å²) in [5.41, 5.74) is 2.10. The first-order valence-electron chi connectivity index (χ1n) is 6.82. The van der Waals surface area contributed by atoms with Crippen LogP contribution in [0.1, 0.15) is 15.9 Å². The summed E-state index contributed by atoms with van der Waals surface area (Å²) in [6.45, 7) is 1.63. The second-order valence-electron chi connectivity index (χ2n) is 4.96. The van der Waals surface area contributed by atoms with E-state index in [1.165, 1.54) is 29.5 Å². The zero-order chi connectivity index (χ0) is 16.4. The number of anilines is 1. The molecule has 116 valence electrons. The number of rotatable bonds is 3. The molecule has 0 atom stereocenters. The number of carbonyl (C=O) groups is 1. The maximum absolute atomic E-state index is 13.5. The van der Waals surface area contributed by atoms with Crippen LogP contribution in [0.5, 0.6) is 0 Å². The van der Waals surface area contributed by atoms with Crippen molar-refractivity contribution in [2.75, 3.05) is 5.32 Å². The van der Waals surface area contributed by atoms with Crippen LogP contribution in [0.25, 0.3) is 11.3 Å². The van der Waals surface area contributed by atoms with Gasteiger partial charge in [-0.25, -0.2) is 13.8 Å². The Hall–Kier alpha value is -2.60. The highest BCUT2D eigenvalue weighted by molar-refractivity contribution is 7.14. The standard InChI is InChI=1S/C17H12F2N2OS/c1-10-2-3-12(8-14(10)19)16(22)21-17-20-15(9-23-17)11-4-6-13(18)7-5-11/h2-9H,1H3,(H,20,21,22). The van der Waals surface area contributed by atoms with Crippen molar-refractivity contribution in [3.05, 3.63) is 70.6 Å². The van der Waals surface area contributed by atoms with Crippen molar-refractivity contribution in [1.29, 1.82) is 0 Å². The van der Waals surface area contributed by atoms with E-state index in [-0.39, 0.29) is 11.4 Å². The lowest BCUT2D eigenvalue weighted by atomic mass is 10.1. The summed E-state index contributed by atoms with van der Waals surface area (Å²) in [5.74, 6) is -1.17. The van der Waals surface area contributed by atoms with Gasteiger partial charge in [0.1, 0.15) is 11.6 Å². The Labute approximate surface area is 135 Å². The zero-order valence-corrected chi connectivity index (χ0v) is 13.0. The van der Waals surface area contributed by atoms with Crippen molar-refractivity contribution < 1.29 is 13.6 Å². The fourth-order valence-electron chi connectivity index (χ4n) is 1.99. The van der Waals surface area contributed by atoms with Crippen LogP contribution in [0.3, 0.4) is 0 Å². The van der Waals surface area contributed by atoms with Gasteiger partial charge in [-0.2, -0.15) is 0 Å². The van der Waals surface area contributed by atoms with Crippen LogP contribution in [0.15, 0.2) is 47.8 Å². The first-order chi connectivity index (χ1) is 11.0. The van der Waals surface area contributed by atoms with Gasteiger partial charge in [0.05, 0.1) is 5.69 Å². The number of aromatic nitrogens is 1.